The van der Waals surface area contributed by atoms with Gasteiger partial charge >= 0.3 is 0 Å². The van der Waals surface area contributed by atoms with Crippen LogP contribution in [0, 0.1) is 0 Å². The van der Waals surface area contributed by atoms with E-state index in [-0.39, 0.29) is 0 Å². The van der Waals surface area contributed by atoms with Crippen molar-refractivity contribution in [3.63, 3.8) is 0 Å². The molecule has 1 nitrogen and oxygen atoms in total. The van der Waals surface area contributed by atoms with Crippen molar-refractivity contribution in [1.82, 2.24) is 5.32 Å². The maximum atomic E-state index is 3.87. The summed E-state index contributed by atoms with van der Waals surface area (Å²) in [6, 6.07) is 33.2. The van der Waals surface area contributed by atoms with Crippen LogP contribution in [0.25, 0.3) is 0 Å². The molecule has 24 heavy (non-hydrogen) atoms. The molecule has 1 N–H and O–H groups in total. The van der Waals surface area contributed by atoms with E-state index >= 15 is 0 Å². The van der Waals surface area contributed by atoms with Crippen molar-refractivity contribution in [3.8, 4) is 0 Å². The molecule has 1 aliphatic rings. The second-order valence-electron chi connectivity index (χ2n) is 6.22. The van der Waals surface area contributed by atoms with Crippen molar-refractivity contribution in [2.45, 2.75) is 28.6 Å². The number of nitrogens with one attached hydrogen (secondary N) is 1. The largest absolute Gasteiger partial charge is 0.302 e. The van der Waals surface area contributed by atoms with E-state index in [1.807, 2.05) is 11.8 Å². The highest BCUT2D eigenvalue weighted by molar-refractivity contribution is 8.00. The van der Waals surface area contributed by atoms with Gasteiger partial charge < -0.3 is 5.32 Å². The maximum absolute atomic E-state index is 3.87. The molecule has 1 aliphatic heterocycles. The number of thioether (sulfide) groups is 1. The second kappa shape index (κ2) is 7.25. The lowest BCUT2D eigenvalue weighted by molar-refractivity contribution is 0.576. The van der Waals surface area contributed by atoms with Gasteiger partial charge in [-0.2, -0.15) is 0 Å². The highest BCUT2D eigenvalue weighted by Crippen LogP contribution is 2.43. The van der Waals surface area contributed by atoms with E-state index in [9.17, 15) is 0 Å². The lowest BCUT2D eigenvalue weighted by Crippen LogP contribution is -2.21. The van der Waals surface area contributed by atoms with Crippen LogP contribution in [0.1, 0.15) is 29.6 Å². The standard InChI is InChI=1S/C22H21NS/c1-4-10-17(11-5-1)20-16-21(24-19-14-8-3-9-15-19)22(23-20)18-12-6-2-7-13-18/h1-15,20-23H,16H2. The smallest absolute Gasteiger partial charge is 0.0449 e. The molecular formula is C22H21NS. The highest BCUT2D eigenvalue weighted by atomic mass is 32.2. The molecule has 0 saturated carbocycles. The Labute approximate surface area is 148 Å². The molecule has 120 valence electrons. The topological polar surface area (TPSA) is 12.0 Å². The van der Waals surface area contributed by atoms with Gasteiger partial charge in [0.25, 0.3) is 0 Å². The minimum Gasteiger partial charge on any atom is -0.302 e. The Balaban J connectivity index is 1.61. The predicted octanol–water partition coefficient (Wildman–Crippen LogP) is 5.62. The average molecular weight is 331 g/mol. The summed E-state index contributed by atoms with van der Waals surface area (Å²) in [5, 5.41) is 4.40. The minimum absolute atomic E-state index is 0.376. The van der Waals surface area contributed by atoms with Gasteiger partial charge in [0.05, 0.1) is 0 Å². The van der Waals surface area contributed by atoms with Crippen LogP contribution in [-0.2, 0) is 0 Å². The van der Waals surface area contributed by atoms with Gasteiger partial charge in [-0.15, -0.1) is 11.8 Å². The zero-order chi connectivity index (χ0) is 16.2. The van der Waals surface area contributed by atoms with E-state index in [4.69, 9.17) is 0 Å². The first kappa shape index (κ1) is 15.5. The number of hydrogen-bond acceptors (Lipinski definition) is 2. The first-order valence-electron chi connectivity index (χ1n) is 8.48. The summed E-state index contributed by atoms with van der Waals surface area (Å²) in [5.74, 6) is 0. The van der Waals surface area contributed by atoms with E-state index in [1.54, 1.807) is 0 Å². The van der Waals surface area contributed by atoms with Crippen molar-refractivity contribution in [2.75, 3.05) is 0 Å². The third-order valence-corrected chi connectivity index (χ3v) is 5.92. The summed E-state index contributed by atoms with van der Waals surface area (Å²) >= 11 is 1.99. The van der Waals surface area contributed by atoms with Gasteiger partial charge in [0.2, 0.25) is 0 Å². The zero-order valence-electron chi connectivity index (χ0n) is 13.5. The van der Waals surface area contributed by atoms with Gasteiger partial charge in [0, 0.05) is 22.2 Å². The molecule has 1 fully saturated rings. The Kier molecular flexibility index (Phi) is 4.68. The molecule has 0 aromatic heterocycles. The van der Waals surface area contributed by atoms with Gasteiger partial charge in [-0.3, -0.25) is 0 Å². The molecule has 3 aromatic carbocycles. The summed E-state index contributed by atoms with van der Waals surface area (Å²) in [6.07, 6.45) is 1.14. The summed E-state index contributed by atoms with van der Waals surface area (Å²) in [7, 11) is 0. The quantitative estimate of drug-likeness (QED) is 0.665. The third kappa shape index (κ3) is 3.40. The Bertz CT molecular complexity index is 758. The van der Waals surface area contributed by atoms with Crippen molar-refractivity contribution in [2.24, 2.45) is 0 Å². The van der Waals surface area contributed by atoms with Crippen LogP contribution in [0.15, 0.2) is 95.9 Å². The van der Waals surface area contributed by atoms with Crippen LogP contribution in [0.4, 0.5) is 0 Å². The number of rotatable bonds is 4. The Morgan fingerprint density at radius 2 is 1.21 bits per heavy atom. The molecule has 1 heterocycles. The molecule has 3 atom stereocenters. The first-order chi connectivity index (χ1) is 11.9. The normalized spacial score (nSPS) is 23.2. The average Bonchev–Trinajstić information content (AvgIpc) is 3.08. The Morgan fingerprint density at radius 3 is 1.83 bits per heavy atom. The summed E-state index contributed by atoms with van der Waals surface area (Å²) in [5.41, 5.74) is 2.76. The van der Waals surface area contributed by atoms with Crippen molar-refractivity contribution in [1.29, 1.82) is 0 Å². The molecule has 0 amide bonds. The fourth-order valence-electron chi connectivity index (χ4n) is 3.44. The monoisotopic (exact) mass is 331 g/mol. The van der Waals surface area contributed by atoms with Gasteiger partial charge in [0.15, 0.2) is 0 Å². The molecule has 2 heteroatoms. The maximum Gasteiger partial charge on any atom is 0.0449 e. The fraction of sp³-hybridized carbons (Fsp3) is 0.182. The van der Waals surface area contributed by atoms with E-state index in [1.165, 1.54) is 16.0 Å². The second-order valence-corrected chi connectivity index (χ2v) is 7.54. The lowest BCUT2D eigenvalue weighted by atomic mass is 10.0. The molecule has 0 bridgehead atoms. The molecule has 0 spiro atoms. The van der Waals surface area contributed by atoms with Crippen LogP contribution in [0.3, 0.4) is 0 Å². The molecule has 1 saturated heterocycles. The van der Waals surface area contributed by atoms with Gasteiger partial charge in [-0.1, -0.05) is 78.9 Å². The molecule has 4 rings (SSSR count). The Morgan fingerprint density at radius 1 is 0.667 bits per heavy atom. The number of hydrogen-bond donors (Lipinski definition) is 1. The van der Waals surface area contributed by atoms with Crippen molar-refractivity contribution >= 4 is 11.8 Å². The van der Waals surface area contributed by atoms with E-state index in [0.717, 1.165) is 6.42 Å². The van der Waals surface area contributed by atoms with Gasteiger partial charge in [-0.05, 0) is 29.7 Å². The van der Waals surface area contributed by atoms with Crippen LogP contribution in [0.2, 0.25) is 0 Å². The van der Waals surface area contributed by atoms with E-state index in [2.05, 4.69) is 96.3 Å². The molecule has 3 unspecified atom stereocenters. The van der Waals surface area contributed by atoms with E-state index < -0.39 is 0 Å². The highest BCUT2D eigenvalue weighted by Gasteiger charge is 2.35. The minimum atomic E-state index is 0.376. The summed E-state index contributed by atoms with van der Waals surface area (Å²) in [6.45, 7) is 0. The first-order valence-corrected chi connectivity index (χ1v) is 9.36. The van der Waals surface area contributed by atoms with Gasteiger partial charge in [0.1, 0.15) is 0 Å². The zero-order valence-corrected chi connectivity index (χ0v) is 14.3. The van der Waals surface area contributed by atoms with Crippen LogP contribution < -0.4 is 5.32 Å². The molecule has 0 radical (unpaired) electrons. The van der Waals surface area contributed by atoms with Crippen molar-refractivity contribution < 1.29 is 0 Å². The van der Waals surface area contributed by atoms with Crippen LogP contribution in [0.5, 0.6) is 0 Å². The van der Waals surface area contributed by atoms with Crippen LogP contribution >= 0.6 is 11.8 Å². The fourth-order valence-corrected chi connectivity index (χ4v) is 4.76. The summed E-state index contributed by atoms with van der Waals surface area (Å²) < 4.78 is 0. The molecule has 0 aliphatic carbocycles. The van der Waals surface area contributed by atoms with Crippen molar-refractivity contribution in [3.05, 3.63) is 102 Å². The van der Waals surface area contributed by atoms with Gasteiger partial charge in [-0.25, -0.2) is 0 Å². The Hall–Kier alpha value is -2.03. The summed E-state index contributed by atoms with van der Waals surface area (Å²) in [4.78, 5) is 1.35. The van der Waals surface area contributed by atoms with E-state index in [0.29, 0.717) is 17.3 Å². The SMILES string of the molecule is c1ccc(SC2CC(c3ccccc3)NC2c2ccccc2)cc1. The molecular weight excluding hydrogens is 310 g/mol. The third-order valence-electron chi connectivity index (χ3n) is 4.61. The lowest BCUT2D eigenvalue weighted by Gasteiger charge is -2.19. The molecule has 3 aromatic rings. The van der Waals surface area contributed by atoms with Crippen LogP contribution in [-0.4, -0.2) is 5.25 Å². The predicted molar refractivity (Wildman–Crippen MR) is 102 cm³/mol. The number of benzene rings is 3.